The van der Waals surface area contributed by atoms with Crippen LogP contribution in [0.5, 0.6) is 0 Å². The van der Waals surface area contributed by atoms with E-state index in [9.17, 15) is 4.79 Å². The molecule has 2 N–H and O–H groups in total. The van der Waals surface area contributed by atoms with E-state index in [1.165, 1.54) is 0 Å². The number of ketones is 1. The van der Waals surface area contributed by atoms with Crippen LogP contribution in [0, 0.1) is 0 Å². The number of Topliss-reactive ketones (excluding diaryl/α,β-unsaturated/α-hetero) is 1. The van der Waals surface area contributed by atoms with Gasteiger partial charge in [-0.1, -0.05) is 20.3 Å². The van der Waals surface area contributed by atoms with Gasteiger partial charge >= 0.3 is 0 Å². The van der Waals surface area contributed by atoms with Gasteiger partial charge in [-0.3, -0.25) is 4.79 Å². The molecule has 0 amide bonds. The Hall–Kier alpha value is -0.410. The molecule has 0 radical (unpaired) electrons. The minimum Gasteiger partial charge on any atom is -0.320 e. The largest absolute Gasteiger partial charge is 0.320 e. The lowest BCUT2D eigenvalue weighted by Crippen LogP contribution is -2.39. The molecule has 3 nitrogen and oxygen atoms in total. The van der Waals surface area contributed by atoms with E-state index < -0.39 is 0 Å². The van der Waals surface area contributed by atoms with Crippen molar-refractivity contribution in [2.24, 2.45) is 0 Å². The second-order valence-corrected chi connectivity index (χ2v) is 4.08. The third kappa shape index (κ3) is 7.04. The van der Waals surface area contributed by atoms with Crippen molar-refractivity contribution in [3.05, 3.63) is 0 Å². The van der Waals surface area contributed by atoms with Crippen LogP contribution in [0.25, 0.3) is 0 Å². The quantitative estimate of drug-likeness (QED) is 0.581. The summed E-state index contributed by atoms with van der Waals surface area (Å²) in [6.07, 6.45) is 3.19. The second kappa shape index (κ2) is 7.94. The van der Waals surface area contributed by atoms with Crippen LogP contribution in [0.3, 0.4) is 0 Å². The van der Waals surface area contributed by atoms with Crippen LogP contribution in [-0.2, 0) is 4.79 Å². The van der Waals surface area contributed by atoms with Gasteiger partial charge in [0, 0.05) is 6.04 Å². The molecule has 0 rings (SSSR count). The van der Waals surface area contributed by atoms with E-state index in [0.29, 0.717) is 6.04 Å². The number of nitrogens with one attached hydrogen (secondary N) is 2. The Morgan fingerprint density at radius 3 is 2.36 bits per heavy atom. The first-order valence-electron chi connectivity index (χ1n) is 5.49. The Bertz CT molecular complexity index is 157. The molecule has 14 heavy (non-hydrogen) atoms. The molecule has 0 aromatic heterocycles. The number of hydrogen-bond acceptors (Lipinski definition) is 3. The van der Waals surface area contributed by atoms with E-state index in [-0.39, 0.29) is 11.8 Å². The minimum absolute atomic E-state index is 0.0480. The monoisotopic (exact) mass is 200 g/mol. The van der Waals surface area contributed by atoms with Crippen LogP contribution in [0.4, 0.5) is 0 Å². The summed E-state index contributed by atoms with van der Waals surface area (Å²) in [7, 11) is 1.95. The number of carbonyl (C=O) groups excluding carboxylic acids is 1. The maximum absolute atomic E-state index is 11.3. The fourth-order valence-electron chi connectivity index (χ4n) is 1.46. The second-order valence-electron chi connectivity index (χ2n) is 4.08. The average Bonchev–Trinajstić information content (AvgIpc) is 2.09. The normalized spacial score (nSPS) is 13.2. The summed E-state index contributed by atoms with van der Waals surface area (Å²) in [5.74, 6) is 0.253. The van der Waals surface area contributed by atoms with Crippen molar-refractivity contribution in [2.45, 2.75) is 52.1 Å². The molecule has 1 unspecified atom stereocenters. The molecule has 0 spiro atoms. The maximum atomic E-state index is 11.3. The van der Waals surface area contributed by atoms with E-state index in [1.54, 1.807) is 6.92 Å². The third-order valence-corrected chi connectivity index (χ3v) is 2.19. The van der Waals surface area contributed by atoms with Crippen LogP contribution in [0.2, 0.25) is 0 Å². The van der Waals surface area contributed by atoms with Gasteiger partial charge in [-0.2, -0.15) is 0 Å². The molecule has 3 heteroatoms. The Morgan fingerprint density at radius 2 is 1.93 bits per heavy atom. The first-order valence-corrected chi connectivity index (χ1v) is 5.49. The van der Waals surface area contributed by atoms with E-state index in [1.807, 2.05) is 7.05 Å². The van der Waals surface area contributed by atoms with Crippen LogP contribution in [0.1, 0.15) is 40.0 Å². The summed E-state index contributed by atoms with van der Waals surface area (Å²) in [6.45, 7) is 6.84. The zero-order chi connectivity index (χ0) is 11.0. The van der Waals surface area contributed by atoms with Gasteiger partial charge in [-0.25, -0.2) is 0 Å². The predicted octanol–water partition coefficient (Wildman–Crippen LogP) is 1.33. The molecule has 0 aliphatic heterocycles. The Balaban J connectivity index is 3.68. The predicted molar refractivity (Wildman–Crippen MR) is 60.5 cm³/mol. The van der Waals surface area contributed by atoms with Crippen molar-refractivity contribution in [3.63, 3.8) is 0 Å². The highest BCUT2D eigenvalue weighted by Crippen LogP contribution is 2.02. The van der Waals surface area contributed by atoms with Crippen LogP contribution < -0.4 is 10.6 Å². The third-order valence-electron chi connectivity index (χ3n) is 2.19. The van der Waals surface area contributed by atoms with E-state index in [4.69, 9.17) is 0 Å². The molecule has 0 aromatic carbocycles. The van der Waals surface area contributed by atoms with E-state index >= 15 is 0 Å². The number of carbonyl (C=O) groups is 1. The highest BCUT2D eigenvalue weighted by Gasteiger charge is 2.13. The van der Waals surface area contributed by atoms with Crippen molar-refractivity contribution in [1.82, 2.24) is 10.6 Å². The standard InChI is InChI=1S/C11H24N2O/c1-9(2)13-11(10(3)14)7-5-6-8-12-4/h9,11-13H,5-8H2,1-4H3. The van der Waals surface area contributed by atoms with Gasteiger partial charge in [0.2, 0.25) is 0 Å². The number of unbranched alkanes of at least 4 members (excludes halogenated alkanes) is 1. The van der Waals surface area contributed by atoms with E-state index in [0.717, 1.165) is 25.8 Å². The molecule has 0 heterocycles. The lowest BCUT2D eigenvalue weighted by atomic mass is 10.1. The van der Waals surface area contributed by atoms with Gasteiger partial charge in [-0.05, 0) is 33.4 Å². The van der Waals surface area contributed by atoms with Crippen LogP contribution in [0.15, 0.2) is 0 Å². The molecule has 0 saturated heterocycles. The topological polar surface area (TPSA) is 41.1 Å². The van der Waals surface area contributed by atoms with Gasteiger partial charge in [0.25, 0.3) is 0 Å². The van der Waals surface area contributed by atoms with Crippen molar-refractivity contribution in [3.8, 4) is 0 Å². The molecule has 0 aliphatic carbocycles. The molecule has 1 atom stereocenters. The summed E-state index contributed by atoms with van der Waals surface area (Å²) >= 11 is 0. The molecular formula is C11H24N2O. The molecule has 0 aromatic rings. The highest BCUT2D eigenvalue weighted by atomic mass is 16.1. The van der Waals surface area contributed by atoms with Crippen molar-refractivity contribution in [1.29, 1.82) is 0 Å². The van der Waals surface area contributed by atoms with Gasteiger partial charge in [-0.15, -0.1) is 0 Å². The Labute approximate surface area is 87.6 Å². The Kier molecular flexibility index (Phi) is 7.71. The van der Waals surface area contributed by atoms with Crippen molar-refractivity contribution < 1.29 is 4.79 Å². The Morgan fingerprint density at radius 1 is 1.29 bits per heavy atom. The average molecular weight is 200 g/mol. The zero-order valence-corrected chi connectivity index (χ0v) is 9.89. The van der Waals surface area contributed by atoms with Crippen molar-refractivity contribution in [2.75, 3.05) is 13.6 Å². The lowest BCUT2D eigenvalue weighted by molar-refractivity contribution is -0.119. The van der Waals surface area contributed by atoms with Gasteiger partial charge in [0.1, 0.15) is 5.78 Å². The molecular weight excluding hydrogens is 176 g/mol. The van der Waals surface area contributed by atoms with Gasteiger partial charge in [0.15, 0.2) is 0 Å². The molecule has 84 valence electrons. The summed E-state index contributed by atoms with van der Waals surface area (Å²) in [5.41, 5.74) is 0. The summed E-state index contributed by atoms with van der Waals surface area (Å²) in [4.78, 5) is 11.3. The highest BCUT2D eigenvalue weighted by molar-refractivity contribution is 5.81. The molecule has 0 fully saturated rings. The smallest absolute Gasteiger partial charge is 0.146 e. The molecule has 0 saturated carbocycles. The van der Waals surface area contributed by atoms with Crippen molar-refractivity contribution >= 4 is 5.78 Å². The fraction of sp³-hybridized carbons (Fsp3) is 0.909. The first-order chi connectivity index (χ1) is 6.57. The lowest BCUT2D eigenvalue weighted by Gasteiger charge is -2.18. The SMILES string of the molecule is CNCCCCC(NC(C)C)C(C)=O. The summed E-state index contributed by atoms with van der Waals surface area (Å²) in [6, 6.07) is 0.431. The van der Waals surface area contributed by atoms with Gasteiger partial charge in [0.05, 0.1) is 6.04 Å². The zero-order valence-electron chi connectivity index (χ0n) is 9.89. The fourth-order valence-corrected chi connectivity index (χ4v) is 1.46. The summed E-state index contributed by atoms with van der Waals surface area (Å²) in [5, 5.41) is 6.39. The first kappa shape index (κ1) is 13.6. The number of hydrogen-bond donors (Lipinski definition) is 2. The number of rotatable bonds is 8. The molecule has 0 aliphatic rings. The minimum atomic E-state index is 0.0480. The van der Waals surface area contributed by atoms with Crippen LogP contribution in [-0.4, -0.2) is 31.5 Å². The maximum Gasteiger partial charge on any atom is 0.146 e. The summed E-state index contributed by atoms with van der Waals surface area (Å²) < 4.78 is 0. The van der Waals surface area contributed by atoms with Crippen LogP contribution >= 0.6 is 0 Å². The van der Waals surface area contributed by atoms with E-state index in [2.05, 4.69) is 24.5 Å². The van der Waals surface area contributed by atoms with Gasteiger partial charge < -0.3 is 10.6 Å². The molecule has 0 bridgehead atoms.